The normalized spacial score (nSPS) is 9.67. The van der Waals surface area contributed by atoms with Gasteiger partial charge in [-0.15, -0.1) is 0 Å². The highest BCUT2D eigenvalue weighted by Crippen LogP contribution is 1.99. The van der Waals surface area contributed by atoms with Gasteiger partial charge in [-0.25, -0.2) is 0 Å². The van der Waals surface area contributed by atoms with Gasteiger partial charge in [0, 0.05) is 12.0 Å². The van der Waals surface area contributed by atoms with Gasteiger partial charge < -0.3 is 0 Å². The third kappa shape index (κ3) is 3.94. The van der Waals surface area contributed by atoms with Crippen molar-refractivity contribution in [2.75, 3.05) is 0 Å². The lowest BCUT2D eigenvalue weighted by Crippen LogP contribution is -2.30. The summed E-state index contributed by atoms with van der Waals surface area (Å²) < 4.78 is 0. The van der Waals surface area contributed by atoms with Crippen LogP contribution in [0.15, 0.2) is 30.3 Å². The zero-order valence-corrected chi connectivity index (χ0v) is 8.82. The van der Waals surface area contributed by atoms with Crippen LogP contribution < -0.4 is 5.32 Å². The van der Waals surface area contributed by atoms with Gasteiger partial charge in [0.2, 0.25) is 5.91 Å². The van der Waals surface area contributed by atoms with Gasteiger partial charge in [0.1, 0.15) is 0 Å². The maximum absolute atomic E-state index is 11.5. The lowest BCUT2D eigenvalue weighted by Gasteiger charge is -2.02. The van der Waals surface area contributed by atoms with Crippen LogP contribution in [-0.4, -0.2) is 11.8 Å². The van der Waals surface area contributed by atoms with E-state index in [9.17, 15) is 9.59 Å². The van der Waals surface area contributed by atoms with Gasteiger partial charge >= 0.3 is 0 Å². The number of carbonyl (C=O) groups excluding carboxylic acids is 2. The quantitative estimate of drug-likeness (QED) is 0.818. The number of amides is 2. The smallest absolute Gasteiger partial charge is 0.257 e. The van der Waals surface area contributed by atoms with Crippen molar-refractivity contribution < 1.29 is 9.59 Å². The van der Waals surface area contributed by atoms with Crippen molar-refractivity contribution in [3.63, 3.8) is 0 Å². The van der Waals surface area contributed by atoms with Crippen LogP contribution in [-0.2, 0) is 4.79 Å². The molecule has 0 spiro atoms. The van der Waals surface area contributed by atoms with Crippen LogP contribution in [0.2, 0.25) is 0 Å². The Kier molecular flexibility index (Phi) is 4.54. The Balaban J connectivity index is 2.46. The summed E-state index contributed by atoms with van der Waals surface area (Å²) in [6.07, 6.45) is 2.18. The van der Waals surface area contributed by atoms with Gasteiger partial charge in [0.05, 0.1) is 0 Å². The molecular weight excluding hydrogens is 190 g/mol. The molecule has 0 aliphatic heterocycles. The lowest BCUT2D eigenvalue weighted by atomic mass is 10.2. The Labute approximate surface area is 89.5 Å². The van der Waals surface area contributed by atoms with Crippen LogP contribution >= 0.6 is 0 Å². The van der Waals surface area contributed by atoms with Crippen LogP contribution in [0.25, 0.3) is 0 Å². The molecule has 0 saturated carbocycles. The average Bonchev–Trinajstić information content (AvgIpc) is 2.27. The van der Waals surface area contributed by atoms with E-state index in [1.807, 2.05) is 13.0 Å². The van der Waals surface area contributed by atoms with Crippen molar-refractivity contribution in [3.8, 4) is 0 Å². The van der Waals surface area contributed by atoms with Crippen molar-refractivity contribution in [2.45, 2.75) is 26.2 Å². The molecule has 0 bridgehead atoms. The van der Waals surface area contributed by atoms with E-state index < -0.39 is 0 Å². The first-order valence-corrected chi connectivity index (χ1v) is 5.13. The van der Waals surface area contributed by atoms with Crippen LogP contribution in [0, 0.1) is 0 Å². The molecule has 0 saturated heterocycles. The molecule has 0 radical (unpaired) electrons. The molecule has 1 rings (SSSR count). The highest BCUT2D eigenvalue weighted by molar-refractivity contribution is 6.04. The first-order valence-electron chi connectivity index (χ1n) is 5.13. The Morgan fingerprint density at radius 3 is 2.47 bits per heavy atom. The third-order valence-corrected chi connectivity index (χ3v) is 2.05. The molecule has 15 heavy (non-hydrogen) atoms. The molecule has 0 aliphatic carbocycles. The monoisotopic (exact) mass is 205 g/mol. The molecule has 0 aliphatic rings. The minimum Gasteiger partial charge on any atom is -0.292 e. The zero-order valence-electron chi connectivity index (χ0n) is 8.82. The standard InChI is InChI=1S/C12H15NO2/c1-2-3-9-11(14)13-12(15)10-7-5-4-6-8-10/h4-8H,2-3,9H2,1H3,(H,13,14,15). The predicted octanol–water partition coefficient (Wildman–Crippen LogP) is 2.13. The van der Waals surface area contributed by atoms with Crippen LogP contribution in [0.1, 0.15) is 36.5 Å². The summed E-state index contributed by atoms with van der Waals surface area (Å²) in [5.41, 5.74) is 0.516. The Morgan fingerprint density at radius 2 is 1.87 bits per heavy atom. The Hall–Kier alpha value is -1.64. The minimum absolute atomic E-state index is 0.203. The predicted molar refractivity (Wildman–Crippen MR) is 58.4 cm³/mol. The molecule has 0 aromatic heterocycles. The second-order valence-electron chi connectivity index (χ2n) is 3.35. The van der Waals surface area contributed by atoms with Crippen molar-refractivity contribution in [2.24, 2.45) is 0 Å². The average molecular weight is 205 g/mol. The molecule has 1 N–H and O–H groups in total. The summed E-state index contributed by atoms with van der Waals surface area (Å²) in [6, 6.07) is 8.73. The van der Waals surface area contributed by atoms with Gasteiger partial charge in [-0.05, 0) is 18.6 Å². The van der Waals surface area contributed by atoms with Crippen molar-refractivity contribution >= 4 is 11.8 Å². The number of imide groups is 1. The minimum atomic E-state index is -0.322. The molecule has 1 aromatic carbocycles. The van der Waals surface area contributed by atoms with E-state index >= 15 is 0 Å². The van der Waals surface area contributed by atoms with Gasteiger partial charge in [-0.2, -0.15) is 0 Å². The maximum atomic E-state index is 11.5. The van der Waals surface area contributed by atoms with Crippen LogP contribution in [0.4, 0.5) is 0 Å². The van der Waals surface area contributed by atoms with Crippen molar-refractivity contribution in [1.82, 2.24) is 5.32 Å². The molecule has 2 amide bonds. The molecule has 3 nitrogen and oxygen atoms in total. The Bertz CT molecular complexity index is 333. The van der Waals surface area contributed by atoms with E-state index in [0.717, 1.165) is 12.8 Å². The van der Waals surface area contributed by atoms with E-state index in [1.54, 1.807) is 24.3 Å². The number of rotatable bonds is 4. The summed E-state index contributed by atoms with van der Waals surface area (Å²) in [5.74, 6) is -0.526. The fraction of sp³-hybridized carbons (Fsp3) is 0.333. The number of unbranched alkanes of at least 4 members (excludes halogenated alkanes) is 1. The molecular formula is C12H15NO2. The van der Waals surface area contributed by atoms with E-state index in [1.165, 1.54) is 0 Å². The topological polar surface area (TPSA) is 46.2 Å². The largest absolute Gasteiger partial charge is 0.292 e. The lowest BCUT2D eigenvalue weighted by molar-refractivity contribution is -0.120. The summed E-state index contributed by atoms with van der Waals surface area (Å²) in [6.45, 7) is 2.01. The number of hydrogen-bond donors (Lipinski definition) is 1. The first kappa shape index (κ1) is 11.4. The Morgan fingerprint density at radius 1 is 1.20 bits per heavy atom. The first-order chi connectivity index (χ1) is 7.24. The molecule has 1 aromatic rings. The van der Waals surface area contributed by atoms with E-state index in [0.29, 0.717) is 12.0 Å². The maximum Gasteiger partial charge on any atom is 0.257 e. The SMILES string of the molecule is CCCCC(=O)NC(=O)c1ccccc1. The number of carbonyl (C=O) groups is 2. The molecule has 0 heterocycles. The second kappa shape index (κ2) is 5.96. The summed E-state index contributed by atoms with van der Waals surface area (Å²) in [4.78, 5) is 22.7. The van der Waals surface area contributed by atoms with Crippen molar-refractivity contribution in [3.05, 3.63) is 35.9 Å². The van der Waals surface area contributed by atoms with E-state index in [-0.39, 0.29) is 11.8 Å². The van der Waals surface area contributed by atoms with Crippen molar-refractivity contribution in [1.29, 1.82) is 0 Å². The van der Waals surface area contributed by atoms with Crippen LogP contribution in [0.5, 0.6) is 0 Å². The summed E-state index contributed by atoms with van der Waals surface area (Å²) in [7, 11) is 0. The number of nitrogens with one attached hydrogen (secondary N) is 1. The third-order valence-electron chi connectivity index (χ3n) is 2.05. The van der Waals surface area contributed by atoms with Gasteiger partial charge in [0.15, 0.2) is 0 Å². The number of hydrogen-bond acceptors (Lipinski definition) is 2. The molecule has 0 atom stereocenters. The molecule has 0 unspecified atom stereocenters. The fourth-order valence-corrected chi connectivity index (χ4v) is 1.19. The van der Waals surface area contributed by atoms with Gasteiger partial charge in [-0.3, -0.25) is 14.9 Å². The van der Waals surface area contributed by atoms with Gasteiger partial charge in [-0.1, -0.05) is 31.5 Å². The van der Waals surface area contributed by atoms with Gasteiger partial charge in [0.25, 0.3) is 5.91 Å². The van der Waals surface area contributed by atoms with E-state index in [2.05, 4.69) is 5.32 Å². The van der Waals surface area contributed by atoms with Crippen LogP contribution in [0.3, 0.4) is 0 Å². The highest BCUT2D eigenvalue weighted by atomic mass is 16.2. The molecule has 80 valence electrons. The second-order valence-corrected chi connectivity index (χ2v) is 3.35. The number of benzene rings is 1. The summed E-state index contributed by atoms with van der Waals surface area (Å²) >= 11 is 0. The summed E-state index contributed by atoms with van der Waals surface area (Å²) in [5, 5.41) is 2.35. The molecule has 0 fully saturated rings. The highest BCUT2D eigenvalue weighted by Gasteiger charge is 2.08. The van der Waals surface area contributed by atoms with E-state index in [4.69, 9.17) is 0 Å². The molecule has 3 heteroatoms. The fourth-order valence-electron chi connectivity index (χ4n) is 1.19. The zero-order chi connectivity index (χ0) is 11.1.